The average Bonchev–Trinajstić information content (AvgIpc) is 3.74. The SMILES string of the molecule is COc1ccnc(C(=O)N[C@@H](C)C(=O)OC(C)=C(c2ccc(Cl)cc2)c2ccc(Cl)cc2)c1OC(=O)CC1CC1. The highest BCUT2D eigenvalue weighted by atomic mass is 35.5. The van der Waals surface area contributed by atoms with Gasteiger partial charge in [-0.2, -0.15) is 0 Å². The Hall–Kier alpha value is -3.88. The van der Waals surface area contributed by atoms with E-state index in [0.717, 1.165) is 24.0 Å². The van der Waals surface area contributed by atoms with Gasteiger partial charge in [-0.1, -0.05) is 47.5 Å². The zero-order valence-electron chi connectivity index (χ0n) is 22.2. The fourth-order valence-corrected chi connectivity index (χ4v) is 4.24. The number of methoxy groups -OCH3 is 1. The lowest BCUT2D eigenvalue weighted by molar-refractivity contribution is -0.141. The van der Waals surface area contributed by atoms with Crippen LogP contribution >= 0.6 is 23.2 Å². The van der Waals surface area contributed by atoms with Gasteiger partial charge in [-0.3, -0.25) is 9.59 Å². The molecule has 3 aromatic rings. The molecule has 0 aliphatic heterocycles. The molecular formula is C30H28Cl2N2O6. The van der Waals surface area contributed by atoms with Crippen molar-refractivity contribution in [1.29, 1.82) is 0 Å². The summed E-state index contributed by atoms with van der Waals surface area (Å²) >= 11 is 12.1. The zero-order valence-corrected chi connectivity index (χ0v) is 23.7. The number of hydrogen-bond donors (Lipinski definition) is 1. The molecule has 0 unspecified atom stereocenters. The first-order chi connectivity index (χ1) is 19.2. The van der Waals surface area contributed by atoms with Crippen LogP contribution in [-0.4, -0.2) is 36.0 Å². The standard InChI is InChI=1S/C30H28Cl2N2O6/c1-17(34-29(36)27-28(24(38-3)14-15-33-27)40-25(35)16-19-4-5-19)30(37)39-18(2)26(20-6-10-22(31)11-7-20)21-8-12-23(32)13-9-21/h6-15,17,19H,4-5,16H2,1-3H3,(H,34,36)/t17-/m0/s1. The van der Waals surface area contributed by atoms with Gasteiger partial charge in [-0.25, -0.2) is 9.78 Å². The quantitative estimate of drug-likeness (QED) is 0.223. The highest BCUT2D eigenvalue weighted by molar-refractivity contribution is 6.31. The van der Waals surface area contributed by atoms with E-state index in [-0.39, 0.29) is 23.6 Å². The molecule has 0 radical (unpaired) electrons. The molecule has 1 aliphatic rings. The molecule has 1 fully saturated rings. The van der Waals surface area contributed by atoms with Gasteiger partial charge in [0.15, 0.2) is 11.4 Å². The third-order valence-corrected chi connectivity index (χ3v) is 6.75. The molecule has 0 saturated heterocycles. The lowest BCUT2D eigenvalue weighted by atomic mass is 9.97. The van der Waals surface area contributed by atoms with Crippen LogP contribution < -0.4 is 14.8 Å². The smallest absolute Gasteiger partial charge is 0.333 e. The molecule has 40 heavy (non-hydrogen) atoms. The number of pyridine rings is 1. The highest BCUT2D eigenvalue weighted by Gasteiger charge is 2.29. The molecule has 1 aromatic heterocycles. The van der Waals surface area contributed by atoms with E-state index in [1.807, 2.05) is 24.3 Å². The number of aromatic nitrogens is 1. The minimum atomic E-state index is -1.07. The molecule has 0 bridgehead atoms. The van der Waals surface area contributed by atoms with Crippen molar-refractivity contribution in [3.63, 3.8) is 0 Å². The number of allylic oxidation sites excluding steroid dienone is 1. The van der Waals surface area contributed by atoms with Crippen molar-refractivity contribution < 1.29 is 28.6 Å². The number of nitrogens with one attached hydrogen (secondary N) is 1. The molecule has 10 heteroatoms. The van der Waals surface area contributed by atoms with Gasteiger partial charge in [-0.05, 0) is 68.0 Å². The fourth-order valence-electron chi connectivity index (χ4n) is 3.99. The number of hydrogen-bond acceptors (Lipinski definition) is 7. The van der Waals surface area contributed by atoms with Crippen molar-refractivity contribution >= 4 is 46.6 Å². The van der Waals surface area contributed by atoms with Crippen molar-refractivity contribution in [2.75, 3.05) is 7.11 Å². The maximum absolute atomic E-state index is 13.1. The van der Waals surface area contributed by atoms with Crippen molar-refractivity contribution in [3.8, 4) is 11.5 Å². The molecular weight excluding hydrogens is 555 g/mol. The van der Waals surface area contributed by atoms with E-state index in [4.69, 9.17) is 37.4 Å². The predicted molar refractivity (Wildman–Crippen MR) is 151 cm³/mol. The van der Waals surface area contributed by atoms with E-state index < -0.39 is 23.9 Å². The van der Waals surface area contributed by atoms with Crippen molar-refractivity contribution in [3.05, 3.63) is 93.4 Å². The molecule has 208 valence electrons. The number of carbonyl (C=O) groups excluding carboxylic acids is 3. The third-order valence-electron chi connectivity index (χ3n) is 6.24. The third kappa shape index (κ3) is 7.40. The molecule has 1 aliphatic carbocycles. The summed E-state index contributed by atoms with van der Waals surface area (Å²) < 4.78 is 16.4. The van der Waals surface area contributed by atoms with Crippen LogP contribution in [0.5, 0.6) is 11.5 Å². The molecule has 1 saturated carbocycles. The van der Waals surface area contributed by atoms with Crippen LogP contribution in [0.25, 0.3) is 5.57 Å². The van der Waals surface area contributed by atoms with Crippen molar-refractivity contribution in [2.45, 2.75) is 39.2 Å². The maximum Gasteiger partial charge on any atom is 0.333 e. The molecule has 8 nitrogen and oxygen atoms in total. The van der Waals surface area contributed by atoms with Gasteiger partial charge < -0.3 is 19.5 Å². The van der Waals surface area contributed by atoms with Crippen molar-refractivity contribution in [2.24, 2.45) is 5.92 Å². The number of carbonyl (C=O) groups is 3. The summed E-state index contributed by atoms with van der Waals surface area (Å²) in [6.45, 7) is 3.14. The topological polar surface area (TPSA) is 104 Å². The van der Waals surface area contributed by atoms with E-state index in [9.17, 15) is 14.4 Å². The molecule has 0 spiro atoms. The van der Waals surface area contributed by atoms with E-state index in [1.165, 1.54) is 26.3 Å². The molecule has 1 N–H and O–H groups in total. The van der Waals surface area contributed by atoms with Crippen LogP contribution in [0, 0.1) is 5.92 Å². The first-order valence-electron chi connectivity index (χ1n) is 12.6. The van der Waals surface area contributed by atoms with Crippen LogP contribution in [0.15, 0.2) is 66.6 Å². The number of ether oxygens (including phenoxy) is 3. The zero-order chi connectivity index (χ0) is 28.8. The van der Waals surface area contributed by atoms with Gasteiger partial charge >= 0.3 is 11.9 Å². The second kappa shape index (κ2) is 13.0. The summed E-state index contributed by atoms with van der Waals surface area (Å²) in [6, 6.07) is 14.6. The van der Waals surface area contributed by atoms with E-state index in [2.05, 4.69) is 10.3 Å². The molecule has 2 aromatic carbocycles. The van der Waals surface area contributed by atoms with Crippen LogP contribution in [0.4, 0.5) is 0 Å². The summed E-state index contributed by atoms with van der Waals surface area (Å²) in [5, 5.41) is 3.70. The van der Waals surface area contributed by atoms with Gasteiger partial charge in [0, 0.05) is 34.3 Å². The van der Waals surface area contributed by atoms with Gasteiger partial charge in [0.25, 0.3) is 5.91 Å². The minimum absolute atomic E-state index is 0.0995. The maximum atomic E-state index is 13.1. The number of nitrogens with zero attached hydrogens (tertiary/aromatic N) is 1. The number of esters is 2. The lowest BCUT2D eigenvalue weighted by Gasteiger charge is -2.18. The first kappa shape index (κ1) is 29.1. The Morgan fingerprint density at radius 2 is 1.55 bits per heavy atom. The van der Waals surface area contributed by atoms with Crippen LogP contribution in [0.3, 0.4) is 0 Å². The molecule has 4 rings (SSSR count). The molecule has 1 heterocycles. The number of amides is 1. The van der Waals surface area contributed by atoms with E-state index >= 15 is 0 Å². The second-order valence-corrected chi connectivity index (χ2v) is 10.2. The summed E-state index contributed by atoms with van der Waals surface area (Å²) in [6.07, 6.45) is 3.54. The molecule has 1 amide bonds. The average molecular weight is 583 g/mol. The molecule has 1 atom stereocenters. The predicted octanol–water partition coefficient (Wildman–Crippen LogP) is 6.24. The number of benzene rings is 2. The van der Waals surface area contributed by atoms with Gasteiger partial charge in [0.05, 0.1) is 7.11 Å². The Labute approximate surface area is 242 Å². The second-order valence-electron chi connectivity index (χ2n) is 9.37. The monoisotopic (exact) mass is 582 g/mol. The van der Waals surface area contributed by atoms with Crippen molar-refractivity contribution in [1.82, 2.24) is 10.3 Å². The Morgan fingerprint density at radius 3 is 2.08 bits per heavy atom. The minimum Gasteiger partial charge on any atom is -0.493 e. The van der Waals surface area contributed by atoms with E-state index in [1.54, 1.807) is 31.2 Å². The van der Waals surface area contributed by atoms with Gasteiger partial charge in [-0.15, -0.1) is 0 Å². The summed E-state index contributed by atoms with van der Waals surface area (Å²) in [5.74, 6) is -1.23. The Bertz CT molecular complexity index is 1390. The summed E-state index contributed by atoms with van der Waals surface area (Å²) in [4.78, 5) is 42.6. The van der Waals surface area contributed by atoms with Crippen LogP contribution in [-0.2, 0) is 14.3 Å². The number of halogens is 2. The normalized spacial score (nSPS) is 13.1. The van der Waals surface area contributed by atoms with Gasteiger partial charge in [0.1, 0.15) is 11.8 Å². The van der Waals surface area contributed by atoms with Gasteiger partial charge in [0.2, 0.25) is 5.75 Å². The largest absolute Gasteiger partial charge is 0.493 e. The summed E-state index contributed by atoms with van der Waals surface area (Å²) in [5.41, 5.74) is 2.01. The first-order valence-corrected chi connectivity index (χ1v) is 13.4. The highest BCUT2D eigenvalue weighted by Crippen LogP contribution is 2.35. The fraction of sp³-hybridized carbons (Fsp3) is 0.267. The summed E-state index contributed by atoms with van der Waals surface area (Å²) in [7, 11) is 1.39. The Balaban J connectivity index is 1.53. The Kier molecular flexibility index (Phi) is 9.45. The number of rotatable bonds is 10. The van der Waals surface area contributed by atoms with Crippen LogP contribution in [0.1, 0.15) is 54.7 Å². The lowest BCUT2D eigenvalue weighted by Crippen LogP contribution is -2.40. The van der Waals surface area contributed by atoms with E-state index in [0.29, 0.717) is 27.3 Å². The van der Waals surface area contributed by atoms with Crippen LogP contribution in [0.2, 0.25) is 10.0 Å². The Morgan fingerprint density at radius 1 is 0.975 bits per heavy atom.